The highest BCUT2D eigenvalue weighted by Crippen LogP contribution is 2.22. The van der Waals surface area contributed by atoms with E-state index in [-0.39, 0.29) is 11.1 Å². The van der Waals surface area contributed by atoms with Gasteiger partial charge in [0.15, 0.2) is 17.5 Å². The van der Waals surface area contributed by atoms with Crippen LogP contribution in [0, 0.1) is 47.0 Å². The molecule has 4 aromatic rings. The first-order valence-electron chi connectivity index (χ1n) is 11.1. The number of hydrogen-bond donors (Lipinski definition) is 0. The zero-order valence-corrected chi connectivity index (χ0v) is 18.9. The van der Waals surface area contributed by atoms with Gasteiger partial charge in [0.05, 0.1) is 5.56 Å². The average molecular weight is 468 g/mol. The van der Waals surface area contributed by atoms with Crippen LogP contribution in [0.15, 0.2) is 78.9 Å². The van der Waals surface area contributed by atoms with Crippen LogP contribution >= 0.6 is 0 Å². The molecule has 0 N–H and O–H groups in total. The highest BCUT2D eigenvalue weighted by Gasteiger charge is 2.10. The molecule has 0 bridgehead atoms. The van der Waals surface area contributed by atoms with Gasteiger partial charge in [-0.15, -0.1) is 0 Å². The van der Waals surface area contributed by atoms with Gasteiger partial charge < -0.3 is 0 Å². The van der Waals surface area contributed by atoms with Gasteiger partial charge in [0.2, 0.25) is 0 Å². The smallest absolute Gasteiger partial charge is 0.194 e. The van der Waals surface area contributed by atoms with Crippen LogP contribution in [0.5, 0.6) is 0 Å². The molecule has 0 aliphatic rings. The van der Waals surface area contributed by atoms with E-state index in [1.165, 1.54) is 11.6 Å². The van der Waals surface area contributed by atoms with E-state index in [9.17, 15) is 17.6 Å². The van der Waals surface area contributed by atoms with E-state index in [1.807, 2.05) is 25.1 Å². The summed E-state index contributed by atoms with van der Waals surface area (Å²) >= 11 is 0. The molecule has 0 saturated heterocycles. The maximum absolute atomic E-state index is 15.0. The number of hydrogen-bond acceptors (Lipinski definition) is 0. The topological polar surface area (TPSA) is 0 Å². The molecule has 4 aromatic carbocycles. The third-order valence-electron chi connectivity index (χ3n) is 5.42. The molecule has 0 aliphatic carbocycles. The van der Waals surface area contributed by atoms with E-state index >= 15 is 0 Å². The predicted molar refractivity (Wildman–Crippen MR) is 132 cm³/mol. The van der Waals surface area contributed by atoms with Crippen molar-refractivity contribution in [2.24, 2.45) is 0 Å². The zero-order valence-electron chi connectivity index (χ0n) is 18.9. The van der Waals surface area contributed by atoms with Gasteiger partial charge in [-0.05, 0) is 73.2 Å². The summed E-state index contributed by atoms with van der Waals surface area (Å²) in [5.41, 5.74) is 2.87. The van der Waals surface area contributed by atoms with Crippen molar-refractivity contribution < 1.29 is 17.6 Å². The van der Waals surface area contributed by atoms with Crippen molar-refractivity contribution >= 4 is 10.8 Å². The second kappa shape index (κ2) is 10.8. The summed E-state index contributed by atoms with van der Waals surface area (Å²) in [6.45, 7) is 2.01. The number of aryl methyl sites for hydroxylation is 1. The average Bonchev–Trinajstić information content (AvgIpc) is 2.86. The Bertz CT molecular complexity index is 1520. The maximum Gasteiger partial charge on any atom is 0.194 e. The van der Waals surface area contributed by atoms with E-state index in [0.29, 0.717) is 10.8 Å². The Kier molecular flexibility index (Phi) is 7.34. The molecule has 0 radical (unpaired) electrons. The van der Waals surface area contributed by atoms with Crippen molar-refractivity contribution in [1.29, 1.82) is 0 Å². The number of allylic oxidation sites excluding steroid dienone is 2. The maximum atomic E-state index is 15.0. The van der Waals surface area contributed by atoms with Gasteiger partial charge >= 0.3 is 0 Å². The van der Waals surface area contributed by atoms with Crippen LogP contribution in [0.2, 0.25) is 0 Å². The van der Waals surface area contributed by atoms with Crippen LogP contribution in [-0.4, -0.2) is 0 Å². The molecule has 35 heavy (non-hydrogen) atoms. The molecular formula is C31H20F4. The SMILES string of the molecule is C/C=C/CCc1ccc(C#Cc2ccc3c(F)c(C#Cc4cc(F)c(F)c(F)c4)ccc3c2)cc1. The standard InChI is InChI=1S/C31H20F4/c1-2-3-4-5-21-6-8-22(9-7-21)10-11-23-13-17-27-26(18-23)16-15-25(30(27)34)14-12-24-19-28(32)31(35)29(33)20-24/h2-3,6-9,13,15-20H,4-5H2,1H3/b3-2+. The van der Waals surface area contributed by atoms with E-state index < -0.39 is 23.3 Å². The van der Waals surface area contributed by atoms with Gasteiger partial charge in [0, 0.05) is 22.1 Å². The van der Waals surface area contributed by atoms with Gasteiger partial charge in [0.25, 0.3) is 0 Å². The van der Waals surface area contributed by atoms with Crippen LogP contribution in [-0.2, 0) is 6.42 Å². The van der Waals surface area contributed by atoms with Gasteiger partial charge in [-0.25, -0.2) is 17.6 Å². The molecule has 0 spiro atoms. The Morgan fingerprint density at radius 3 is 2.03 bits per heavy atom. The van der Waals surface area contributed by atoms with Crippen molar-refractivity contribution in [1.82, 2.24) is 0 Å². The molecule has 0 atom stereocenters. The van der Waals surface area contributed by atoms with Crippen LogP contribution < -0.4 is 0 Å². The zero-order chi connectivity index (χ0) is 24.8. The monoisotopic (exact) mass is 468 g/mol. The van der Waals surface area contributed by atoms with E-state index in [2.05, 4.69) is 41.9 Å². The second-order valence-corrected chi connectivity index (χ2v) is 7.92. The van der Waals surface area contributed by atoms with Crippen molar-refractivity contribution in [2.45, 2.75) is 19.8 Å². The first kappa shape index (κ1) is 23.9. The van der Waals surface area contributed by atoms with Crippen molar-refractivity contribution in [3.63, 3.8) is 0 Å². The normalized spacial score (nSPS) is 10.7. The summed E-state index contributed by atoms with van der Waals surface area (Å²) in [6, 6.07) is 18.0. The molecule has 0 unspecified atom stereocenters. The lowest BCUT2D eigenvalue weighted by Gasteiger charge is -2.03. The van der Waals surface area contributed by atoms with Gasteiger partial charge in [-0.3, -0.25) is 0 Å². The Morgan fingerprint density at radius 2 is 1.31 bits per heavy atom. The van der Waals surface area contributed by atoms with Crippen LogP contribution in [0.1, 0.15) is 41.2 Å². The predicted octanol–water partition coefficient (Wildman–Crippen LogP) is 7.70. The molecular weight excluding hydrogens is 448 g/mol. The fraction of sp³-hybridized carbons (Fsp3) is 0.0968. The van der Waals surface area contributed by atoms with E-state index in [1.54, 1.807) is 24.3 Å². The highest BCUT2D eigenvalue weighted by molar-refractivity contribution is 5.86. The van der Waals surface area contributed by atoms with Crippen LogP contribution in [0.3, 0.4) is 0 Å². The second-order valence-electron chi connectivity index (χ2n) is 7.92. The van der Waals surface area contributed by atoms with Crippen molar-refractivity contribution in [3.05, 3.63) is 130 Å². The summed E-state index contributed by atoms with van der Waals surface area (Å²) in [6.07, 6.45) is 6.17. The fourth-order valence-corrected chi connectivity index (χ4v) is 3.55. The molecule has 0 amide bonds. The van der Waals surface area contributed by atoms with Crippen molar-refractivity contribution in [3.8, 4) is 23.7 Å². The Hall–Kier alpha value is -4.28. The van der Waals surface area contributed by atoms with Gasteiger partial charge in [-0.1, -0.05) is 60.1 Å². The number of benzene rings is 4. The van der Waals surface area contributed by atoms with Crippen LogP contribution in [0.25, 0.3) is 10.8 Å². The first-order chi connectivity index (χ1) is 16.9. The first-order valence-corrected chi connectivity index (χ1v) is 11.1. The van der Waals surface area contributed by atoms with E-state index in [4.69, 9.17) is 0 Å². The molecule has 0 fully saturated rings. The molecule has 0 heterocycles. The molecule has 0 nitrogen and oxygen atoms in total. The summed E-state index contributed by atoms with van der Waals surface area (Å²) in [4.78, 5) is 0. The minimum Gasteiger partial charge on any atom is -0.205 e. The Balaban J connectivity index is 1.55. The largest absolute Gasteiger partial charge is 0.205 e. The molecule has 172 valence electrons. The number of rotatable bonds is 3. The van der Waals surface area contributed by atoms with Crippen LogP contribution in [0.4, 0.5) is 17.6 Å². The van der Waals surface area contributed by atoms with Gasteiger partial charge in [-0.2, -0.15) is 0 Å². The number of fused-ring (bicyclic) bond motifs is 1. The Labute approximate surface area is 201 Å². The number of halogens is 4. The molecule has 0 saturated carbocycles. The van der Waals surface area contributed by atoms with Gasteiger partial charge in [0.1, 0.15) is 5.82 Å². The summed E-state index contributed by atoms with van der Waals surface area (Å²) in [5.74, 6) is 6.48. The quantitative estimate of drug-likeness (QED) is 0.125. The molecule has 4 rings (SSSR count). The third kappa shape index (κ3) is 5.81. The lowest BCUT2D eigenvalue weighted by molar-refractivity contribution is 0.446. The molecule has 4 heteroatoms. The summed E-state index contributed by atoms with van der Waals surface area (Å²) in [7, 11) is 0. The van der Waals surface area contributed by atoms with E-state index in [0.717, 1.165) is 36.1 Å². The summed E-state index contributed by atoms with van der Waals surface area (Å²) in [5, 5.41) is 1.00. The lowest BCUT2D eigenvalue weighted by atomic mass is 10.0. The third-order valence-corrected chi connectivity index (χ3v) is 5.42. The lowest BCUT2D eigenvalue weighted by Crippen LogP contribution is -1.92. The highest BCUT2D eigenvalue weighted by atomic mass is 19.2. The Morgan fingerprint density at radius 1 is 0.657 bits per heavy atom. The molecule has 0 aliphatic heterocycles. The minimum absolute atomic E-state index is 0.0657. The fourth-order valence-electron chi connectivity index (χ4n) is 3.55. The van der Waals surface area contributed by atoms with Crippen molar-refractivity contribution in [2.75, 3.05) is 0 Å². The molecule has 0 aromatic heterocycles. The minimum atomic E-state index is -1.57. The summed E-state index contributed by atoms with van der Waals surface area (Å²) < 4.78 is 54.8.